The van der Waals surface area contributed by atoms with E-state index in [4.69, 9.17) is 14.6 Å². The maximum atomic E-state index is 13.2. The molecule has 1 N–H and O–H groups in total. The van der Waals surface area contributed by atoms with Crippen LogP contribution in [0.4, 0.5) is 0 Å². The number of esters is 1. The fourth-order valence-corrected chi connectivity index (χ4v) is 7.91. The smallest absolute Gasteiger partial charge is 0.305 e. The number of unbranched alkanes of at least 4 members (excludes halogenated alkanes) is 1. The number of ether oxygens (including phenoxy) is 2. The lowest BCUT2D eigenvalue weighted by Crippen LogP contribution is -2.57. The lowest BCUT2D eigenvalue weighted by molar-refractivity contribution is -0.155. The van der Waals surface area contributed by atoms with Crippen molar-refractivity contribution >= 4 is 35.9 Å². The first kappa shape index (κ1) is 37.0. The molecule has 0 aromatic rings. The number of carbonyl (C=O) groups excluding carboxylic acids is 3. The minimum atomic E-state index is -0.745. The zero-order valence-electron chi connectivity index (χ0n) is 26.4. The van der Waals surface area contributed by atoms with Gasteiger partial charge in [-0.2, -0.15) is 0 Å². The van der Waals surface area contributed by atoms with Crippen molar-refractivity contribution < 1.29 is 35.2 Å². The van der Waals surface area contributed by atoms with Gasteiger partial charge in [0, 0.05) is 38.6 Å². The second kappa shape index (κ2) is 16.0. The first-order valence-electron chi connectivity index (χ1n) is 15.2. The van der Waals surface area contributed by atoms with Gasteiger partial charge in [-0.1, -0.05) is 73.0 Å². The van der Waals surface area contributed by atoms with Gasteiger partial charge in [-0.15, -0.1) is 12.4 Å². The summed E-state index contributed by atoms with van der Waals surface area (Å²) in [6.45, 7) is 14.3. The van der Waals surface area contributed by atoms with Crippen molar-refractivity contribution in [3.05, 3.63) is 23.8 Å². The number of ketones is 2. The summed E-state index contributed by atoms with van der Waals surface area (Å²) in [6.07, 6.45) is 12.6. The number of allylic oxidation sites excluding steroid dienone is 4. The lowest BCUT2D eigenvalue weighted by Gasteiger charge is -2.59. The SMILES string of the molecule is CCC(=O)O.CCC(=O)OCC(=O)C1[C@@H](C)CC2[C@@H]3CCC4=CC(=O)C=C[C@]4(C)C3[C@@H](OC)C[C@@]21C.CCCC.Cl.[HH]. The van der Waals surface area contributed by atoms with Crippen LogP contribution in [0.3, 0.4) is 0 Å². The Morgan fingerprint density at radius 1 is 1.10 bits per heavy atom. The number of hydrogen-bond donors (Lipinski definition) is 1. The molecule has 0 saturated heterocycles. The normalized spacial score (nSPS) is 34.5. The predicted octanol–water partition coefficient (Wildman–Crippen LogP) is 7.26. The Labute approximate surface area is 254 Å². The molecule has 0 heterocycles. The first-order chi connectivity index (χ1) is 18.8. The van der Waals surface area contributed by atoms with Gasteiger partial charge in [0.05, 0.1) is 6.10 Å². The molecule has 3 fully saturated rings. The monoisotopic (exact) mass is 598 g/mol. The van der Waals surface area contributed by atoms with Crippen molar-refractivity contribution in [2.24, 2.45) is 40.4 Å². The van der Waals surface area contributed by atoms with Gasteiger partial charge in [-0.25, -0.2) is 0 Å². The van der Waals surface area contributed by atoms with E-state index in [1.165, 1.54) is 18.4 Å². The molecule has 4 rings (SSSR count). The molecule has 8 atom stereocenters. The molecule has 3 unspecified atom stereocenters. The van der Waals surface area contributed by atoms with Gasteiger partial charge < -0.3 is 14.6 Å². The van der Waals surface area contributed by atoms with Crippen LogP contribution in [0.5, 0.6) is 0 Å². The summed E-state index contributed by atoms with van der Waals surface area (Å²) in [7, 11) is 1.78. The third kappa shape index (κ3) is 8.10. The van der Waals surface area contributed by atoms with Crippen LogP contribution < -0.4 is 0 Å². The fraction of sp³-hybridized carbons (Fsp3) is 0.758. The molecule has 0 radical (unpaired) electrons. The molecular weight excluding hydrogens is 544 g/mol. The summed E-state index contributed by atoms with van der Waals surface area (Å²) in [5.74, 6) is 0.393. The second-order valence-corrected chi connectivity index (χ2v) is 12.4. The Balaban J connectivity index is 0.00000134. The van der Waals surface area contributed by atoms with Crippen LogP contribution in [-0.4, -0.2) is 48.4 Å². The highest BCUT2D eigenvalue weighted by Crippen LogP contribution is 2.67. The van der Waals surface area contributed by atoms with E-state index in [1.807, 2.05) is 6.08 Å². The van der Waals surface area contributed by atoms with Crippen LogP contribution in [0.15, 0.2) is 23.8 Å². The summed E-state index contributed by atoms with van der Waals surface area (Å²) < 4.78 is 11.3. The van der Waals surface area contributed by atoms with E-state index < -0.39 is 5.97 Å². The Bertz CT molecular complexity index is 993. The van der Waals surface area contributed by atoms with Crippen molar-refractivity contribution in [3.8, 4) is 0 Å². The third-order valence-electron chi connectivity index (χ3n) is 9.93. The first-order valence-corrected chi connectivity index (χ1v) is 15.2. The van der Waals surface area contributed by atoms with Crippen LogP contribution in [-0.2, 0) is 28.7 Å². The highest BCUT2D eigenvalue weighted by Gasteiger charge is 2.64. The van der Waals surface area contributed by atoms with Crippen LogP contribution in [0.2, 0.25) is 0 Å². The molecule has 8 heteroatoms. The molecule has 0 aliphatic heterocycles. The highest BCUT2D eigenvalue weighted by molar-refractivity contribution is 6.01. The number of carbonyl (C=O) groups is 4. The van der Waals surface area contributed by atoms with Crippen molar-refractivity contribution in [3.63, 3.8) is 0 Å². The van der Waals surface area contributed by atoms with Crippen molar-refractivity contribution in [2.75, 3.05) is 13.7 Å². The van der Waals surface area contributed by atoms with E-state index in [9.17, 15) is 19.2 Å². The number of fused-ring (bicyclic) bond motifs is 5. The Hall–Kier alpha value is -1.99. The molecule has 0 spiro atoms. The van der Waals surface area contributed by atoms with Gasteiger partial charge in [0.1, 0.15) is 6.61 Å². The molecule has 4 aliphatic rings. The highest BCUT2D eigenvalue weighted by atomic mass is 35.5. The molecule has 0 amide bonds. The van der Waals surface area contributed by atoms with Gasteiger partial charge in [-0.05, 0) is 61.0 Å². The zero-order valence-corrected chi connectivity index (χ0v) is 27.2. The van der Waals surface area contributed by atoms with Crippen molar-refractivity contribution in [1.29, 1.82) is 0 Å². The second-order valence-electron chi connectivity index (χ2n) is 12.4. The van der Waals surface area contributed by atoms with E-state index in [0.29, 0.717) is 17.8 Å². The summed E-state index contributed by atoms with van der Waals surface area (Å²) in [6, 6.07) is 0. The van der Waals surface area contributed by atoms with Crippen LogP contribution in [0, 0.1) is 40.4 Å². The van der Waals surface area contributed by atoms with Gasteiger partial charge in [0.25, 0.3) is 0 Å². The van der Waals surface area contributed by atoms with E-state index >= 15 is 0 Å². The number of carboxylic acid groups (broad SMARTS) is 1. The molecule has 41 heavy (non-hydrogen) atoms. The fourth-order valence-electron chi connectivity index (χ4n) is 7.91. The average molecular weight is 599 g/mol. The van der Waals surface area contributed by atoms with Crippen LogP contribution in [0.25, 0.3) is 0 Å². The largest absolute Gasteiger partial charge is 0.481 e. The quantitative estimate of drug-likeness (QED) is 0.307. The minimum Gasteiger partial charge on any atom is -0.481 e. The maximum absolute atomic E-state index is 13.2. The number of Topliss-reactive ketones (excluding diaryl/α,β-unsaturated/α-hetero) is 1. The molecule has 0 aromatic carbocycles. The van der Waals surface area contributed by atoms with Crippen LogP contribution in [0.1, 0.15) is 101 Å². The minimum absolute atomic E-state index is 0. The van der Waals surface area contributed by atoms with Gasteiger partial charge in [-0.3, -0.25) is 19.2 Å². The van der Waals surface area contributed by atoms with E-state index in [0.717, 1.165) is 25.7 Å². The molecule has 3 saturated carbocycles. The topological polar surface area (TPSA) is 107 Å². The standard InChI is InChI=1S/C26H36O5.C4H10.C3H6O2.ClH.H2/c1-6-22(29)31-14-20(28)23-15(2)11-19-18-8-7-16-12-17(27)9-10-25(16,3)24(18)21(30-5)13-26(19,23)4;1-3-4-2;1-2-3(4)5;;/h9-10,12,15,18-19,21,23-24H,6-8,11,13-14H2,1-5H3;3-4H2,1-2H3;2H2,1H3,(H,4,5);2*1H/t15-,18-,19?,21-,23?,24?,25-,26-;;;;/m0..../s1. The zero-order chi connectivity index (χ0) is 30.3. The Morgan fingerprint density at radius 3 is 2.22 bits per heavy atom. The van der Waals surface area contributed by atoms with E-state index in [1.54, 1.807) is 27.0 Å². The van der Waals surface area contributed by atoms with Crippen LogP contribution >= 0.6 is 12.4 Å². The van der Waals surface area contributed by atoms with E-state index in [2.05, 4.69) is 40.7 Å². The number of methoxy groups -OCH3 is 1. The van der Waals surface area contributed by atoms with Crippen molar-refractivity contribution in [1.82, 2.24) is 0 Å². The van der Waals surface area contributed by atoms with Gasteiger partial charge >= 0.3 is 11.9 Å². The van der Waals surface area contributed by atoms with E-state index in [-0.39, 0.29) is 79.6 Å². The Morgan fingerprint density at radius 2 is 1.71 bits per heavy atom. The number of rotatable bonds is 7. The average Bonchev–Trinajstić information content (AvgIpc) is 3.21. The Kier molecular flexibility index (Phi) is 14.5. The summed E-state index contributed by atoms with van der Waals surface area (Å²) in [5, 5.41) is 7.72. The predicted molar refractivity (Wildman–Crippen MR) is 165 cm³/mol. The third-order valence-corrected chi connectivity index (χ3v) is 9.93. The maximum Gasteiger partial charge on any atom is 0.305 e. The molecule has 0 bridgehead atoms. The molecule has 236 valence electrons. The number of halogens is 1. The molecule has 7 nitrogen and oxygen atoms in total. The van der Waals surface area contributed by atoms with Gasteiger partial charge in [0.15, 0.2) is 11.6 Å². The summed E-state index contributed by atoms with van der Waals surface area (Å²) in [5.41, 5.74) is 0.904. The number of aliphatic carboxylic acids is 1. The summed E-state index contributed by atoms with van der Waals surface area (Å²) in [4.78, 5) is 46.3. The molecule has 4 aliphatic carbocycles. The van der Waals surface area contributed by atoms with Crippen molar-refractivity contribution in [2.45, 2.75) is 106 Å². The number of carboxylic acids is 1. The summed E-state index contributed by atoms with van der Waals surface area (Å²) >= 11 is 0. The lowest BCUT2D eigenvalue weighted by atomic mass is 9.46. The molecule has 0 aromatic heterocycles. The number of hydrogen-bond acceptors (Lipinski definition) is 6. The molecular formula is C33H55ClO7. The van der Waals surface area contributed by atoms with Gasteiger partial charge in [0.2, 0.25) is 0 Å².